The first-order chi connectivity index (χ1) is 13.5. The van der Waals surface area contributed by atoms with Gasteiger partial charge in [0.25, 0.3) is 11.6 Å². The minimum Gasteiger partial charge on any atom is -0.350 e. The summed E-state index contributed by atoms with van der Waals surface area (Å²) in [5, 5.41) is 9.93. The van der Waals surface area contributed by atoms with E-state index < -0.39 is 0 Å². The number of nitrogens with zero attached hydrogens (tertiary/aromatic N) is 3. The lowest BCUT2D eigenvalue weighted by molar-refractivity contribution is 0.0916. The van der Waals surface area contributed by atoms with E-state index in [1.165, 1.54) is 17.7 Å². The number of aryl methyl sites for hydroxylation is 2. The van der Waals surface area contributed by atoms with E-state index in [9.17, 15) is 4.79 Å². The molecule has 0 aromatic carbocycles. The fourth-order valence-electron chi connectivity index (χ4n) is 3.91. The average Bonchev–Trinajstić information content (AvgIpc) is 3.33. The second-order valence-electron chi connectivity index (χ2n) is 7.72. The Morgan fingerprint density at radius 1 is 1.39 bits per heavy atom. The molecule has 0 spiro atoms. The molecular formula is C21H26N4O2S. The van der Waals surface area contributed by atoms with Gasteiger partial charge in [0.2, 0.25) is 0 Å². The highest BCUT2D eigenvalue weighted by Crippen LogP contribution is 2.29. The fraction of sp³-hybridized carbons (Fsp3) is 0.476. The van der Waals surface area contributed by atoms with Gasteiger partial charge in [-0.1, -0.05) is 18.1 Å². The Bertz CT molecular complexity index is 958. The molecule has 4 rings (SSSR count). The van der Waals surface area contributed by atoms with Crippen LogP contribution in [-0.2, 0) is 0 Å². The van der Waals surface area contributed by atoms with E-state index in [2.05, 4.69) is 44.8 Å². The third kappa shape index (κ3) is 3.82. The Balaban J connectivity index is 1.54. The van der Waals surface area contributed by atoms with Gasteiger partial charge in [0.05, 0.1) is 22.7 Å². The van der Waals surface area contributed by atoms with Gasteiger partial charge in [-0.15, -0.1) is 11.3 Å². The van der Waals surface area contributed by atoms with Gasteiger partial charge in [0.1, 0.15) is 0 Å². The lowest BCUT2D eigenvalue weighted by Gasteiger charge is -2.36. The molecule has 6 nitrogen and oxygen atoms in total. The molecule has 1 aliphatic rings. The van der Waals surface area contributed by atoms with Crippen LogP contribution in [0.25, 0.3) is 11.1 Å². The number of hydrogen-bond donors (Lipinski definition) is 1. The smallest absolute Gasteiger partial charge is 0.258 e. The van der Waals surface area contributed by atoms with E-state index in [0.717, 1.165) is 24.7 Å². The van der Waals surface area contributed by atoms with Crippen LogP contribution < -0.4 is 5.32 Å². The largest absolute Gasteiger partial charge is 0.350 e. The van der Waals surface area contributed by atoms with E-state index in [0.29, 0.717) is 28.9 Å². The summed E-state index contributed by atoms with van der Waals surface area (Å²) in [4.78, 5) is 21.2. The number of nitrogens with one attached hydrogen (secondary N) is 1. The summed E-state index contributed by atoms with van der Waals surface area (Å²) in [7, 11) is 0. The predicted molar refractivity (Wildman–Crippen MR) is 111 cm³/mol. The number of aromatic nitrogens is 2. The number of amides is 1. The van der Waals surface area contributed by atoms with Crippen molar-refractivity contribution in [2.75, 3.05) is 19.6 Å². The number of likely N-dealkylation sites (tertiary alicyclic amines) is 1. The molecule has 1 fully saturated rings. The molecule has 148 valence electrons. The number of hydrogen-bond acceptors (Lipinski definition) is 6. The molecule has 0 unspecified atom stereocenters. The highest BCUT2D eigenvalue weighted by molar-refractivity contribution is 7.10. The number of rotatable bonds is 5. The van der Waals surface area contributed by atoms with Gasteiger partial charge < -0.3 is 9.84 Å². The second kappa shape index (κ2) is 8.01. The lowest BCUT2D eigenvalue weighted by atomic mass is 9.97. The molecule has 3 aromatic heterocycles. The van der Waals surface area contributed by atoms with Crippen molar-refractivity contribution >= 4 is 28.3 Å². The molecule has 4 heterocycles. The van der Waals surface area contributed by atoms with Gasteiger partial charge in [-0.05, 0) is 63.2 Å². The Kier molecular flexibility index (Phi) is 5.46. The fourth-order valence-corrected chi connectivity index (χ4v) is 4.77. The van der Waals surface area contributed by atoms with E-state index in [-0.39, 0.29) is 11.9 Å². The molecule has 1 atom stereocenters. The summed E-state index contributed by atoms with van der Waals surface area (Å²) in [6.45, 7) is 8.74. The number of pyridine rings is 1. The SMILES string of the molecule is Cc1cc(C(=O)NC[C@@H](c2cccs2)N2CCC(C)CC2)c2c(C)noc2n1. The summed E-state index contributed by atoms with van der Waals surface area (Å²) < 4.78 is 5.26. The Labute approximate surface area is 168 Å². The maximum Gasteiger partial charge on any atom is 0.258 e. The zero-order valence-electron chi connectivity index (χ0n) is 16.6. The van der Waals surface area contributed by atoms with E-state index in [1.54, 1.807) is 11.3 Å². The number of carbonyl (C=O) groups excluding carboxylic acids is 1. The van der Waals surface area contributed by atoms with Crippen LogP contribution in [0.15, 0.2) is 28.1 Å². The maximum atomic E-state index is 13.0. The zero-order valence-corrected chi connectivity index (χ0v) is 17.4. The highest BCUT2D eigenvalue weighted by atomic mass is 32.1. The first kappa shape index (κ1) is 19.1. The van der Waals surface area contributed by atoms with Crippen LogP contribution in [0.1, 0.15) is 52.4 Å². The molecule has 1 aliphatic heterocycles. The third-order valence-electron chi connectivity index (χ3n) is 5.58. The zero-order chi connectivity index (χ0) is 19.7. The highest BCUT2D eigenvalue weighted by Gasteiger charge is 2.26. The summed E-state index contributed by atoms with van der Waals surface area (Å²) in [5.74, 6) is 0.674. The van der Waals surface area contributed by atoms with Crippen LogP contribution >= 0.6 is 11.3 Å². The van der Waals surface area contributed by atoms with Crippen LogP contribution in [-0.4, -0.2) is 40.6 Å². The van der Waals surface area contributed by atoms with Crippen molar-refractivity contribution in [2.24, 2.45) is 5.92 Å². The Hall–Kier alpha value is -2.25. The molecule has 7 heteroatoms. The standard InChI is InChI=1S/C21H26N4O2S/c1-13-6-8-25(9-7-13)17(18-5-4-10-28-18)12-22-20(26)16-11-14(2)23-21-19(16)15(3)24-27-21/h4-5,10-11,13,17H,6-9,12H2,1-3H3,(H,22,26)/t17-/m0/s1. The molecular weight excluding hydrogens is 372 g/mol. The van der Waals surface area contributed by atoms with Crippen molar-refractivity contribution in [1.29, 1.82) is 0 Å². The summed E-state index contributed by atoms with van der Waals surface area (Å²) >= 11 is 1.75. The molecule has 1 N–H and O–H groups in total. The van der Waals surface area contributed by atoms with Gasteiger partial charge in [-0.3, -0.25) is 9.69 Å². The van der Waals surface area contributed by atoms with Crippen molar-refractivity contribution < 1.29 is 9.32 Å². The van der Waals surface area contributed by atoms with Crippen LogP contribution in [0.2, 0.25) is 0 Å². The Morgan fingerprint density at radius 2 is 2.18 bits per heavy atom. The summed E-state index contributed by atoms with van der Waals surface area (Å²) in [6.07, 6.45) is 2.42. The minimum atomic E-state index is -0.103. The van der Waals surface area contributed by atoms with Gasteiger partial charge >= 0.3 is 0 Å². The van der Waals surface area contributed by atoms with Crippen LogP contribution in [0.4, 0.5) is 0 Å². The molecule has 0 bridgehead atoms. The third-order valence-corrected chi connectivity index (χ3v) is 6.55. The van der Waals surface area contributed by atoms with Crippen LogP contribution in [0.3, 0.4) is 0 Å². The molecule has 3 aromatic rings. The first-order valence-corrected chi connectivity index (χ1v) is 10.7. The minimum absolute atomic E-state index is 0.103. The van der Waals surface area contributed by atoms with Crippen molar-refractivity contribution in [3.8, 4) is 0 Å². The Morgan fingerprint density at radius 3 is 2.89 bits per heavy atom. The second-order valence-corrected chi connectivity index (χ2v) is 8.70. The van der Waals surface area contributed by atoms with Crippen molar-refractivity contribution in [3.05, 3.63) is 45.4 Å². The number of piperidine rings is 1. The predicted octanol–water partition coefficient (Wildman–Crippen LogP) is 4.10. The molecule has 1 saturated heterocycles. The molecule has 0 saturated carbocycles. The molecule has 0 radical (unpaired) electrons. The first-order valence-electron chi connectivity index (χ1n) is 9.82. The molecule has 1 amide bonds. The van der Waals surface area contributed by atoms with Crippen molar-refractivity contribution in [2.45, 2.75) is 39.7 Å². The molecule has 0 aliphatic carbocycles. The van der Waals surface area contributed by atoms with Crippen LogP contribution in [0, 0.1) is 19.8 Å². The normalized spacial score (nSPS) is 17.1. The number of carbonyl (C=O) groups is 1. The van der Waals surface area contributed by atoms with Crippen molar-refractivity contribution in [3.63, 3.8) is 0 Å². The maximum absolute atomic E-state index is 13.0. The summed E-state index contributed by atoms with van der Waals surface area (Å²) in [6, 6.07) is 6.26. The molecule has 28 heavy (non-hydrogen) atoms. The van der Waals surface area contributed by atoms with E-state index in [4.69, 9.17) is 4.52 Å². The van der Waals surface area contributed by atoms with Gasteiger partial charge in [0.15, 0.2) is 0 Å². The monoisotopic (exact) mass is 398 g/mol. The van der Waals surface area contributed by atoms with Crippen molar-refractivity contribution in [1.82, 2.24) is 20.4 Å². The van der Waals surface area contributed by atoms with E-state index in [1.807, 2.05) is 19.9 Å². The average molecular weight is 399 g/mol. The number of thiophene rings is 1. The van der Waals surface area contributed by atoms with Gasteiger partial charge in [-0.2, -0.15) is 0 Å². The topological polar surface area (TPSA) is 71.3 Å². The lowest BCUT2D eigenvalue weighted by Crippen LogP contribution is -2.41. The van der Waals surface area contributed by atoms with Gasteiger partial charge in [0, 0.05) is 17.1 Å². The van der Waals surface area contributed by atoms with Gasteiger partial charge in [-0.25, -0.2) is 4.98 Å². The van der Waals surface area contributed by atoms with Crippen LogP contribution in [0.5, 0.6) is 0 Å². The quantitative estimate of drug-likeness (QED) is 0.700. The number of fused-ring (bicyclic) bond motifs is 1. The summed E-state index contributed by atoms with van der Waals surface area (Å²) in [5.41, 5.74) is 2.43. The van der Waals surface area contributed by atoms with E-state index >= 15 is 0 Å².